The fourth-order valence-electron chi connectivity index (χ4n) is 9.50. The van der Waals surface area contributed by atoms with Crippen molar-refractivity contribution in [1.29, 1.82) is 0 Å². The maximum absolute atomic E-state index is 13.1. The summed E-state index contributed by atoms with van der Waals surface area (Å²) in [6.07, 6.45) is -1.27. The van der Waals surface area contributed by atoms with Crippen LogP contribution in [0.15, 0.2) is 34.2 Å². The molecule has 3 N–H and O–H groups in total. The van der Waals surface area contributed by atoms with Crippen molar-refractivity contribution in [2.24, 2.45) is 28.1 Å². The minimum absolute atomic E-state index is 0.265. The van der Waals surface area contributed by atoms with Gasteiger partial charge in [-0.2, -0.15) is 0 Å². The average Bonchev–Trinajstić information content (AvgIpc) is 3.48. The molecule has 11 heteroatoms. The summed E-state index contributed by atoms with van der Waals surface area (Å²) in [7, 11) is 1.22. The fraction of sp³-hybridized carbons (Fsp3) is 0.690. The Morgan fingerprint density at radius 2 is 1.85 bits per heavy atom. The second-order valence-corrected chi connectivity index (χ2v) is 13.1. The molecule has 11 nitrogen and oxygen atoms in total. The maximum atomic E-state index is 13.1. The van der Waals surface area contributed by atoms with Crippen LogP contribution in [-0.4, -0.2) is 70.0 Å². The van der Waals surface area contributed by atoms with E-state index >= 15 is 0 Å². The van der Waals surface area contributed by atoms with Gasteiger partial charge in [0.2, 0.25) is 5.79 Å². The third kappa shape index (κ3) is 2.96. The Labute approximate surface area is 231 Å². The van der Waals surface area contributed by atoms with Gasteiger partial charge in [0.25, 0.3) is 0 Å². The molecule has 6 rings (SSSR count). The molecule has 0 unspecified atom stereocenters. The number of ether oxygens (including phenoxy) is 4. The van der Waals surface area contributed by atoms with Gasteiger partial charge in [-0.05, 0) is 30.4 Å². The van der Waals surface area contributed by atoms with Gasteiger partial charge >= 0.3 is 17.9 Å². The first kappa shape index (κ1) is 27.4. The van der Waals surface area contributed by atoms with Gasteiger partial charge in [-0.1, -0.05) is 33.3 Å². The van der Waals surface area contributed by atoms with Crippen LogP contribution in [0, 0.1) is 28.1 Å². The van der Waals surface area contributed by atoms with E-state index in [1.807, 2.05) is 6.92 Å². The first-order valence-corrected chi connectivity index (χ1v) is 13.6. The van der Waals surface area contributed by atoms with Crippen molar-refractivity contribution < 1.29 is 53.1 Å². The Morgan fingerprint density at radius 3 is 2.45 bits per heavy atom. The number of furan rings is 1. The lowest BCUT2D eigenvalue weighted by atomic mass is 9.38. The summed E-state index contributed by atoms with van der Waals surface area (Å²) in [5.41, 5.74) is -3.84. The Kier molecular flexibility index (Phi) is 5.61. The Hall–Kier alpha value is -2.73. The quantitative estimate of drug-likeness (QED) is 0.281. The second-order valence-electron chi connectivity index (χ2n) is 13.1. The summed E-state index contributed by atoms with van der Waals surface area (Å²) in [5, 5.41) is 36.3. The van der Waals surface area contributed by atoms with Crippen molar-refractivity contribution >= 4 is 17.9 Å². The number of carbonyl (C=O) groups excluding carboxylic acids is 3. The molecule has 3 heterocycles. The van der Waals surface area contributed by atoms with Crippen LogP contribution in [0.3, 0.4) is 0 Å². The molecule has 218 valence electrons. The van der Waals surface area contributed by atoms with Gasteiger partial charge < -0.3 is 38.7 Å². The molecule has 1 aromatic heterocycles. The van der Waals surface area contributed by atoms with E-state index in [4.69, 9.17) is 23.4 Å². The van der Waals surface area contributed by atoms with Crippen LogP contribution in [0.5, 0.6) is 0 Å². The zero-order chi connectivity index (χ0) is 29.2. The normalized spacial score (nSPS) is 46.7. The van der Waals surface area contributed by atoms with E-state index in [2.05, 4.69) is 0 Å². The number of esters is 3. The number of hydrogen-bond acceptors (Lipinski definition) is 11. The molecule has 1 aromatic rings. The van der Waals surface area contributed by atoms with Crippen LogP contribution >= 0.6 is 0 Å². The summed E-state index contributed by atoms with van der Waals surface area (Å²) >= 11 is 0. The molecule has 3 aliphatic carbocycles. The highest BCUT2D eigenvalue weighted by molar-refractivity contribution is 5.81. The van der Waals surface area contributed by atoms with Crippen molar-refractivity contribution in [3.05, 3.63) is 35.3 Å². The van der Waals surface area contributed by atoms with Crippen LogP contribution in [0.4, 0.5) is 0 Å². The lowest BCUT2D eigenvalue weighted by molar-refractivity contribution is -0.388. The molecule has 0 spiro atoms. The third-order valence-electron chi connectivity index (χ3n) is 10.9. The van der Waals surface area contributed by atoms with Crippen LogP contribution in [-0.2, 0) is 33.3 Å². The predicted octanol–water partition coefficient (Wildman–Crippen LogP) is 1.94. The topological polar surface area (TPSA) is 162 Å². The summed E-state index contributed by atoms with van der Waals surface area (Å²) in [5.74, 6) is -5.81. The third-order valence-corrected chi connectivity index (χ3v) is 10.9. The van der Waals surface area contributed by atoms with Crippen LogP contribution in [0.25, 0.3) is 0 Å². The molecule has 4 fully saturated rings. The fourth-order valence-corrected chi connectivity index (χ4v) is 9.50. The van der Waals surface area contributed by atoms with Gasteiger partial charge in [0.15, 0.2) is 17.8 Å². The van der Waals surface area contributed by atoms with Crippen LogP contribution < -0.4 is 0 Å². The van der Waals surface area contributed by atoms with E-state index in [0.29, 0.717) is 29.6 Å². The molecular formula is C29H36O11. The minimum Gasteiger partial charge on any atom is -0.472 e. The molecule has 40 heavy (non-hydrogen) atoms. The van der Waals surface area contributed by atoms with Gasteiger partial charge in [0.05, 0.1) is 19.6 Å². The highest BCUT2D eigenvalue weighted by Crippen LogP contribution is 2.76. The van der Waals surface area contributed by atoms with Crippen LogP contribution in [0.2, 0.25) is 0 Å². The van der Waals surface area contributed by atoms with E-state index in [1.165, 1.54) is 26.6 Å². The number of hydrogen-bond donors (Lipinski definition) is 3. The van der Waals surface area contributed by atoms with E-state index in [0.717, 1.165) is 0 Å². The molecule has 0 aromatic carbocycles. The largest absolute Gasteiger partial charge is 0.472 e. The Bertz CT molecular complexity index is 1310. The van der Waals surface area contributed by atoms with Gasteiger partial charge in [-0.15, -0.1) is 0 Å². The number of fused-ring (bicyclic) bond motifs is 2. The van der Waals surface area contributed by atoms with Gasteiger partial charge in [-0.25, -0.2) is 9.59 Å². The standard InChI is InChI=1S/C29H36O11/c1-13(30)38-24-25(2,3)20-19(23(33)36-6)40-29(35)27(20,5)16-7-9-26(4)17(15(16)11-28(24,29)34)18(31)22(32)39-21(26)14-8-10-37-12-14/h8,10,12,16,18-21,24,31,34-35H,7,9,11H2,1-6H3/t16-,18+,19-,20+,21-,24-,26+,27+,28+,29-/m0/s1. The predicted molar refractivity (Wildman–Crippen MR) is 134 cm³/mol. The number of aliphatic hydroxyl groups is 3. The summed E-state index contributed by atoms with van der Waals surface area (Å²) in [6, 6.07) is 1.71. The molecule has 2 saturated heterocycles. The van der Waals surface area contributed by atoms with Gasteiger partial charge in [0, 0.05) is 41.1 Å². The Morgan fingerprint density at radius 1 is 1.15 bits per heavy atom. The molecule has 10 atom stereocenters. The molecule has 5 aliphatic rings. The number of aliphatic hydroxyl groups excluding tert-OH is 1. The number of rotatable bonds is 3. The van der Waals surface area contributed by atoms with E-state index in [1.54, 1.807) is 26.8 Å². The number of methoxy groups -OCH3 is 1. The van der Waals surface area contributed by atoms with E-state index < -0.39 is 81.8 Å². The first-order chi connectivity index (χ1) is 18.6. The van der Waals surface area contributed by atoms with Crippen molar-refractivity contribution in [2.45, 2.75) is 89.7 Å². The van der Waals surface area contributed by atoms with Crippen molar-refractivity contribution in [1.82, 2.24) is 0 Å². The van der Waals surface area contributed by atoms with E-state index in [9.17, 15) is 29.7 Å². The molecular weight excluding hydrogens is 524 g/mol. The SMILES string of the molecule is COC(=O)[C@H]1O[C@@]2(O)[C@@]3(C)[C@H]1C(C)(C)[C@H](OC(C)=O)[C@]2(O)CC1=C2[C@@H](O)C(=O)O[C@@H](c4ccoc4)[C@]2(C)CC[C@@H]13. The lowest BCUT2D eigenvalue weighted by Gasteiger charge is -2.68. The lowest BCUT2D eigenvalue weighted by Crippen LogP contribution is -2.80. The maximum Gasteiger partial charge on any atom is 0.339 e. The zero-order valence-corrected chi connectivity index (χ0v) is 23.4. The van der Waals surface area contributed by atoms with Crippen LogP contribution in [0.1, 0.15) is 65.5 Å². The van der Waals surface area contributed by atoms with E-state index in [-0.39, 0.29) is 6.42 Å². The minimum atomic E-state index is -2.31. The van der Waals surface area contributed by atoms with Crippen molar-refractivity contribution in [3.8, 4) is 0 Å². The molecule has 2 aliphatic heterocycles. The zero-order valence-electron chi connectivity index (χ0n) is 23.4. The first-order valence-electron chi connectivity index (χ1n) is 13.6. The van der Waals surface area contributed by atoms with Gasteiger partial charge in [-0.3, -0.25) is 4.79 Å². The summed E-state index contributed by atoms with van der Waals surface area (Å²) < 4.78 is 27.9. The number of cyclic esters (lactones) is 1. The summed E-state index contributed by atoms with van der Waals surface area (Å²) in [4.78, 5) is 38.5. The summed E-state index contributed by atoms with van der Waals surface area (Å²) in [6.45, 7) is 8.45. The smallest absolute Gasteiger partial charge is 0.339 e. The highest BCUT2D eigenvalue weighted by atomic mass is 16.7. The molecule has 4 bridgehead atoms. The monoisotopic (exact) mass is 560 g/mol. The van der Waals surface area contributed by atoms with Gasteiger partial charge in [0.1, 0.15) is 12.2 Å². The highest BCUT2D eigenvalue weighted by Gasteiger charge is 2.86. The van der Waals surface area contributed by atoms with Crippen molar-refractivity contribution in [2.75, 3.05) is 7.11 Å². The molecule has 0 radical (unpaired) electrons. The molecule has 2 saturated carbocycles. The Balaban J connectivity index is 1.63. The molecule has 0 amide bonds. The second kappa shape index (κ2) is 8.18. The average molecular weight is 561 g/mol. The van der Waals surface area contributed by atoms with Crippen molar-refractivity contribution in [3.63, 3.8) is 0 Å². The number of carbonyl (C=O) groups is 3.